The van der Waals surface area contributed by atoms with Crippen LogP contribution in [-0.4, -0.2) is 47.9 Å². The molecule has 1 aromatic carbocycles. The molecule has 2 rings (SSSR count). The molecule has 0 aliphatic carbocycles. The minimum atomic E-state index is -0.423. The molecular weight excluding hydrogens is 245 g/mol. The Bertz CT molecular complexity index is 501. The van der Waals surface area contributed by atoms with Crippen LogP contribution in [0.5, 0.6) is 0 Å². The van der Waals surface area contributed by atoms with Gasteiger partial charge in [0.2, 0.25) is 0 Å². The Balaban J connectivity index is 2.21. The lowest BCUT2D eigenvalue weighted by Crippen LogP contribution is -2.58. The number of nitrogen functional groups attached to an aromatic ring is 1. The van der Waals surface area contributed by atoms with Crippen molar-refractivity contribution in [3.05, 3.63) is 29.6 Å². The van der Waals surface area contributed by atoms with Gasteiger partial charge in [-0.15, -0.1) is 0 Å². The minimum Gasteiger partial charge on any atom is -0.398 e. The molecule has 0 saturated carbocycles. The highest BCUT2D eigenvalue weighted by atomic mass is 19.1. The zero-order chi connectivity index (χ0) is 14.2. The van der Waals surface area contributed by atoms with E-state index in [-0.39, 0.29) is 17.1 Å². The molecule has 1 aliphatic rings. The topological polar surface area (TPSA) is 49.6 Å². The molecule has 0 aromatic heterocycles. The van der Waals surface area contributed by atoms with Crippen molar-refractivity contribution >= 4 is 11.6 Å². The Hall–Kier alpha value is -1.62. The molecule has 0 radical (unpaired) electrons. The third-order valence-electron chi connectivity index (χ3n) is 3.85. The van der Waals surface area contributed by atoms with Crippen LogP contribution in [0.2, 0.25) is 0 Å². The first-order valence-corrected chi connectivity index (χ1v) is 6.37. The number of hydrogen-bond acceptors (Lipinski definition) is 3. The van der Waals surface area contributed by atoms with Crippen LogP contribution in [0.15, 0.2) is 18.2 Å². The number of hydrogen-bond donors (Lipinski definition) is 1. The number of likely N-dealkylation sites (N-methyl/N-ethyl adjacent to an activating group) is 1. The van der Waals surface area contributed by atoms with Gasteiger partial charge >= 0.3 is 0 Å². The average Bonchev–Trinajstić information content (AvgIpc) is 2.32. The first-order valence-electron chi connectivity index (χ1n) is 6.37. The van der Waals surface area contributed by atoms with E-state index in [1.807, 2.05) is 7.05 Å². The van der Waals surface area contributed by atoms with E-state index in [4.69, 9.17) is 5.73 Å². The number of carbonyl (C=O) groups is 1. The highest BCUT2D eigenvalue weighted by Gasteiger charge is 2.33. The SMILES string of the molecule is CN1CCN(C(=O)c2ccc(F)cc2N)CC1(C)C. The summed E-state index contributed by atoms with van der Waals surface area (Å²) in [6.45, 7) is 6.31. The predicted molar refractivity (Wildman–Crippen MR) is 73.4 cm³/mol. The maximum absolute atomic E-state index is 13.0. The van der Waals surface area contributed by atoms with E-state index in [2.05, 4.69) is 18.7 Å². The van der Waals surface area contributed by atoms with Gasteiger partial charge in [0.05, 0.1) is 5.56 Å². The summed E-state index contributed by atoms with van der Waals surface area (Å²) >= 11 is 0. The summed E-state index contributed by atoms with van der Waals surface area (Å²) < 4.78 is 13.0. The molecule has 0 spiro atoms. The van der Waals surface area contributed by atoms with Crippen molar-refractivity contribution in [3.8, 4) is 0 Å². The minimum absolute atomic E-state index is 0.0668. The number of nitrogens with two attached hydrogens (primary N) is 1. The van der Waals surface area contributed by atoms with Crippen LogP contribution < -0.4 is 5.73 Å². The number of amides is 1. The lowest BCUT2D eigenvalue weighted by Gasteiger charge is -2.45. The number of benzene rings is 1. The van der Waals surface area contributed by atoms with Crippen molar-refractivity contribution in [2.45, 2.75) is 19.4 Å². The Kier molecular flexibility index (Phi) is 3.49. The van der Waals surface area contributed by atoms with E-state index in [9.17, 15) is 9.18 Å². The largest absolute Gasteiger partial charge is 0.398 e. The summed E-state index contributed by atoms with van der Waals surface area (Å²) in [7, 11) is 2.05. The van der Waals surface area contributed by atoms with Gasteiger partial charge in [0, 0.05) is 30.9 Å². The molecule has 1 aromatic rings. The monoisotopic (exact) mass is 265 g/mol. The highest BCUT2D eigenvalue weighted by molar-refractivity contribution is 5.99. The van der Waals surface area contributed by atoms with Crippen molar-refractivity contribution in [3.63, 3.8) is 0 Å². The Morgan fingerprint density at radius 3 is 2.63 bits per heavy atom. The van der Waals surface area contributed by atoms with Gasteiger partial charge in [-0.2, -0.15) is 0 Å². The van der Waals surface area contributed by atoms with Crippen LogP contribution in [0.3, 0.4) is 0 Å². The van der Waals surface area contributed by atoms with E-state index in [0.717, 1.165) is 6.54 Å². The van der Waals surface area contributed by atoms with Crippen molar-refractivity contribution in [1.82, 2.24) is 9.80 Å². The Morgan fingerprint density at radius 2 is 2.05 bits per heavy atom. The standard InChI is InChI=1S/C14H20FN3O/c1-14(2)9-18(7-6-17(14)3)13(19)11-5-4-10(15)8-12(11)16/h4-5,8H,6-7,9,16H2,1-3H3. The van der Waals surface area contributed by atoms with Gasteiger partial charge in [0.1, 0.15) is 5.82 Å². The van der Waals surface area contributed by atoms with Crippen molar-refractivity contribution in [1.29, 1.82) is 0 Å². The summed E-state index contributed by atoms with van der Waals surface area (Å²) in [5.41, 5.74) is 6.23. The summed E-state index contributed by atoms with van der Waals surface area (Å²) in [5, 5.41) is 0. The van der Waals surface area contributed by atoms with Crippen LogP contribution >= 0.6 is 0 Å². The van der Waals surface area contributed by atoms with Gasteiger partial charge in [-0.05, 0) is 39.1 Å². The van der Waals surface area contributed by atoms with Gasteiger partial charge in [0.25, 0.3) is 5.91 Å². The maximum Gasteiger partial charge on any atom is 0.256 e. The van der Waals surface area contributed by atoms with Crippen molar-refractivity contribution < 1.29 is 9.18 Å². The normalized spacial score (nSPS) is 19.5. The summed E-state index contributed by atoms with van der Waals surface area (Å²) in [6, 6.07) is 3.91. The fourth-order valence-electron chi connectivity index (χ4n) is 2.31. The lowest BCUT2D eigenvalue weighted by atomic mass is 9.99. The number of halogens is 1. The molecule has 19 heavy (non-hydrogen) atoms. The number of anilines is 1. The fraction of sp³-hybridized carbons (Fsp3) is 0.500. The smallest absolute Gasteiger partial charge is 0.256 e. The van der Waals surface area contributed by atoms with E-state index < -0.39 is 5.82 Å². The predicted octanol–water partition coefficient (Wildman–Crippen LogP) is 1.57. The van der Waals surface area contributed by atoms with Crippen LogP contribution in [0.1, 0.15) is 24.2 Å². The number of carbonyl (C=O) groups excluding carboxylic acids is 1. The second kappa shape index (κ2) is 4.81. The van der Waals surface area contributed by atoms with Gasteiger partial charge < -0.3 is 10.6 Å². The molecule has 5 heteroatoms. The van der Waals surface area contributed by atoms with Crippen LogP contribution in [0.25, 0.3) is 0 Å². The fourth-order valence-corrected chi connectivity index (χ4v) is 2.31. The third-order valence-corrected chi connectivity index (χ3v) is 3.85. The lowest BCUT2D eigenvalue weighted by molar-refractivity contribution is 0.0312. The van der Waals surface area contributed by atoms with E-state index >= 15 is 0 Å². The molecule has 104 valence electrons. The summed E-state index contributed by atoms with van der Waals surface area (Å²) in [4.78, 5) is 16.4. The van der Waals surface area contributed by atoms with Crippen LogP contribution in [0, 0.1) is 5.82 Å². The number of nitrogens with zero attached hydrogens (tertiary/aromatic N) is 2. The zero-order valence-electron chi connectivity index (χ0n) is 11.6. The van der Waals surface area contributed by atoms with E-state index in [1.165, 1.54) is 18.2 Å². The van der Waals surface area contributed by atoms with Gasteiger partial charge in [-0.3, -0.25) is 9.69 Å². The van der Waals surface area contributed by atoms with Gasteiger partial charge in [-0.25, -0.2) is 4.39 Å². The maximum atomic E-state index is 13.0. The zero-order valence-corrected chi connectivity index (χ0v) is 11.6. The number of rotatable bonds is 1. The molecule has 0 atom stereocenters. The molecule has 1 fully saturated rings. The van der Waals surface area contributed by atoms with Gasteiger partial charge in [-0.1, -0.05) is 0 Å². The Morgan fingerprint density at radius 1 is 1.37 bits per heavy atom. The van der Waals surface area contributed by atoms with Gasteiger partial charge in [0.15, 0.2) is 0 Å². The Labute approximate surface area is 113 Å². The first-order chi connectivity index (χ1) is 8.81. The second-order valence-corrected chi connectivity index (χ2v) is 5.69. The van der Waals surface area contributed by atoms with Crippen molar-refractivity contribution in [2.24, 2.45) is 0 Å². The molecule has 4 nitrogen and oxygen atoms in total. The van der Waals surface area contributed by atoms with E-state index in [1.54, 1.807) is 4.90 Å². The highest BCUT2D eigenvalue weighted by Crippen LogP contribution is 2.22. The summed E-state index contributed by atoms with van der Waals surface area (Å²) in [6.07, 6.45) is 0. The molecule has 1 amide bonds. The molecule has 0 bridgehead atoms. The molecule has 1 heterocycles. The molecule has 0 unspecified atom stereocenters. The van der Waals surface area contributed by atoms with Crippen molar-refractivity contribution in [2.75, 3.05) is 32.4 Å². The molecular formula is C14H20FN3O. The quantitative estimate of drug-likeness (QED) is 0.784. The van der Waals surface area contributed by atoms with Crippen LogP contribution in [0.4, 0.5) is 10.1 Å². The average molecular weight is 265 g/mol. The summed E-state index contributed by atoms with van der Waals surface area (Å²) in [5.74, 6) is -0.550. The molecule has 1 saturated heterocycles. The number of piperazine rings is 1. The second-order valence-electron chi connectivity index (χ2n) is 5.69. The third kappa shape index (κ3) is 2.71. The molecule has 2 N–H and O–H groups in total. The first kappa shape index (κ1) is 13.8. The van der Waals surface area contributed by atoms with Crippen LogP contribution in [-0.2, 0) is 0 Å². The molecule has 1 aliphatic heterocycles. The van der Waals surface area contributed by atoms with E-state index in [0.29, 0.717) is 18.7 Å².